The molecule has 3 aromatic carbocycles. The number of nitrogens with one attached hydrogen (secondary N) is 1. The maximum atomic E-state index is 12.4. The highest BCUT2D eigenvalue weighted by molar-refractivity contribution is 7.99. The number of carbonyl (C=O) groups is 1. The Morgan fingerprint density at radius 2 is 1.74 bits per heavy atom. The molecule has 0 bridgehead atoms. The van der Waals surface area contributed by atoms with E-state index in [2.05, 4.69) is 20.7 Å². The lowest BCUT2D eigenvalue weighted by atomic mass is 10.2. The van der Waals surface area contributed by atoms with E-state index < -0.39 is 0 Å². The second-order valence-corrected chi connectivity index (χ2v) is 9.32. The average molecular weight is 522 g/mol. The summed E-state index contributed by atoms with van der Waals surface area (Å²) in [7, 11) is 0. The zero-order chi connectivity index (χ0) is 24.6. The summed E-state index contributed by atoms with van der Waals surface area (Å²) in [5.41, 5.74) is 6.33. The van der Waals surface area contributed by atoms with Crippen LogP contribution in [0.3, 0.4) is 0 Å². The molecule has 4 rings (SSSR count). The summed E-state index contributed by atoms with van der Waals surface area (Å²) in [5, 5.41) is 14.3. The number of hydrogen-bond donors (Lipinski definition) is 1. The molecule has 4 aromatic rings. The van der Waals surface area contributed by atoms with Crippen molar-refractivity contribution in [2.75, 3.05) is 5.75 Å². The fraction of sp³-hybridized carbons (Fsp3) is 0.0769. The fourth-order valence-corrected chi connectivity index (χ4v) is 4.20. The molecule has 0 aliphatic rings. The van der Waals surface area contributed by atoms with Crippen molar-refractivity contribution in [3.63, 3.8) is 0 Å². The SMILES string of the molecule is Cc1ccc(-n2c(SCC(=O)NN=CC(Cl)=Cc3ccccc3)nnc2-c2ccc(Cl)cc2)cc1. The molecule has 0 fully saturated rings. The number of aryl methyl sites for hydroxylation is 1. The summed E-state index contributed by atoms with van der Waals surface area (Å²) in [6, 6.07) is 25.0. The van der Waals surface area contributed by atoms with Crippen LogP contribution < -0.4 is 5.43 Å². The van der Waals surface area contributed by atoms with Crippen molar-refractivity contribution in [2.24, 2.45) is 5.10 Å². The van der Waals surface area contributed by atoms with Crippen LogP contribution in [0.1, 0.15) is 11.1 Å². The van der Waals surface area contributed by atoms with E-state index in [9.17, 15) is 4.79 Å². The first-order chi connectivity index (χ1) is 17.0. The summed E-state index contributed by atoms with van der Waals surface area (Å²) in [6.07, 6.45) is 3.15. The van der Waals surface area contributed by atoms with E-state index in [-0.39, 0.29) is 11.7 Å². The van der Waals surface area contributed by atoms with Gasteiger partial charge in [-0.15, -0.1) is 10.2 Å². The standard InChI is InChI=1S/C26H21Cl2N5OS/c1-18-7-13-23(14-8-18)33-25(20-9-11-21(27)12-10-20)31-32-26(33)35-17-24(34)30-29-16-22(28)15-19-5-3-2-4-6-19/h2-16H,17H2,1H3,(H,30,34). The number of amides is 1. The van der Waals surface area contributed by atoms with Crippen LogP contribution in [0.4, 0.5) is 0 Å². The van der Waals surface area contributed by atoms with Gasteiger partial charge in [-0.2, -0.15) is 5.10 Å². The topological polar surface area (TPSA) is 72.2 Å². The maximum Gasteiger partial charge on any atom is 0.250 e. The molecular formula is C26H21Cl2N5OS. The molecule has 0 radical (unpaired) electrons. The third-order valence-electron chi connectivity index (χ3n) is 4.84. The largest absolute Gasteiger partial charge is 0.272 e. The van der Waals surface area contributed by atoms with Gasteiger partial charge in [0.15, 0.2) is 11.0 Å². The Bertz CT molecular complexity index is 1350. The van der Waals surface area contributed by atoms with Crippen molar-refractivity contribution >= 4 is 53.2 Å². The van der Waals surface area contributed by atoms with Crippen LogP contribution in [0, 0.1) is 6.92 Å². The van der Waals surface area contributed by atoms with Gasteiger partial charge in [0, 0.05) is 16.3 Å². The predicted molar refractivity (Wildman–Crippen MR) is 144 cm³/mol. The molecule has 0 aliphatic heterocycles. The number of hydrazone groups is 1. The number of allylic oxidation sites excluding steroid dienone is 1. The van der Waals surface area contributed by atoms with Crippen LogP contribution in [0.2, 0.25) is 5.02 Å². The van der Waals surface area contributed by atoms with Crippen molar-refractivity contribution in [2.45, 2.75) is 12.1 Å². The van der Waals surface area contributed by atoms with E-state index in [1.165, 1.54) is 18.0 Å². The molecule has 35 heavy (non-hydrogen) atoms. The van der Waals surface area contributed by atoms with Gasteiger partial charge in [-0.1, -0.05) is 83.0 Å². The van der Waals surface area contributed by atoms with E-state index in [4.69, 9.17) is 23.2 Å². The molecule has 0 atom stereocenters. The van der Waals surface area contributed by atoms with Crippen molar-refractivity contribution in [3.8, 4) is 17.1 Å². The van der Waals surface area contributed by atoms with Crippen LogP contribution in [-0.4, -0.2) is 32.6 Å². The third kappa shape index (κ3) is 6.82. The van der Waals surface area contributed by atoms with Crippen LogP contribution in [0.5, 0.6) is 0 Å². The van der Waals surface area contributed by atoms with Crippen molar-refractivity contribution in [1.29, 1.82) is 0 Å². The molecule has 1 N–H and O–H groups in total. The van der Waals surface area contributed by atoms with Gasteiger partial charge in [-0.3, -0.25) is 9.36 Å². The zero-order valence-corrected chi connectivity index (χ0v) is 21.1. The van der Waals surface area contributed by atoms with Gasteiger partial charge in [0.1, 0.15) is 0 Å². The molecule has 1 heterocycles. The molecule has 0 unspecified atom stereocenters. The Balaban J connectivity index is 1.47. The Morgan fingerprint density at radius 1 is 1.03 bits per heavy atom. The number of halogens is 2. The molecule has 0 aliphatic carbocycles. The molecule has 1 amide bonds. The van der Waals surface area contributed by atoms with Gasteiger partial charge < -0.3 is 0 Å². The normalized spacial score (nSPS) is 11.7. The molecule has 9 heteroatoms. The number of hydrogen-bond acceptors (Lipinski definition) is 5. The number of rotatable bonds is 8. The summed E-state index contributed by atoms with van der Waals surface area (Å²) in [6.45, 7) is 2.03. The lowest BCUT2D eigenvalue weighted by Crippen LogP contribution is -2.19. The van der Waals surface area contributed by atoms with E-state index in [1.807, 2.05) is 78.2 Å². The average Bonchev–Trinajstić information content (AvgIpc) is 3.28. The molecule has 0 saturated carbocycles. The van der Waals surface area contributed by atoms with Crippen LogP contribution in [0.25, 0.3) is 23.2 Å². The fourth-order valence-electron chi connectivity index (χ4n) is 3.15. The first-order valence-corrected chi connectivity index (χ1v) is 12.4. The summed E-state index contributed by atoms with van der Waals surface area (Å²) < 4.78 is 1.92. The highest BCUT2D eigenvalue weighted by Crippen LogP contribution is 2.28. The molecule has 0 spiro atoms. The van der Waals surface area contributed by atoms with Crippen LogP contribution in [0.15, 0.2) is 94.2 Å². The number of aromatic nitrogens is 3. The van der Waals surface area contributed by atoms with E-state index in [1.54, 1.807) is 18.2 Å². The van der Waals surface area contributed by atoms with E-state index >= 15 is 0 Å². The van der Waals surface area contributed by atoms with Gasteiger partial charge >= 0.3 is 0 Å². The minimum Gasteiger partial charge on any atom is -0.272 e. The Kier molecular flexibility index (Phi) is 8.36. The number of thioether (sulfide) groups is 1. The van der Waals surface area contributed by atoms with Gasteiger partial charge in [-0.05, 0) is 55.0 Å². The smallest absolute Gasteiger partial charge is 0.250 e. The summed E-state index contributed by atoms with van der Waals surface area (Å²) >= 11 is 13.5. The van der Waals surface area contributed by atoms with Crippen molar-refractivity contribution in [3.05, 3.63) is 100 Å². The number of carbonyl (C=O) groups excluding carboxylic acids is 1. The minimum atomic E-state index is -0.290. The lowest BCUT2D eigenvalue weighted by Gasteiger charge is -2.10. The van der Waals surface area contributed by atoms with Gasteiger partial charge in [0.05, 0.1) is 17.0 Å². The third-order valence-corrected chi connectivity index (χ3v) is 6.23. The molecule has 176 valence electrons. The molecule has 0 saturated heterocycles. The molecule has 1 aromatic heterocycles. The first-order valence-electron chi connectivity index (χ1n) is 10.6. The zero-order valence-electron chi connectivity index (χ0n) is 18.7. The summed E-state index contributed by atoms with van der Waals surface area (Å²) in [5.74, 6) is 0.466. The van der Waals surface area contributed by atoms with E-state index in [0.29, 0.717) is 21.0 Å². The van der Waals surface area contributed by atoms with Gasteiger partial charge in [0.2, 0.25) is 0 Å². The lowest BCUT2D eigenvalue weighted by molar-refractivity contribution is -0.118. The molecule has 6 nitrogen and oxygen atoms in total. The van der Waals surface area contributed by atoms with Gasteiger partial charge in [0.25, 0.3) is 5.91 Å². The Hall–Kier alpha value is -3.39. The number of benzene rings is 3. The van der Waals surface area contributed by atoms with Crippen LogP contribution in [-0.2, 0) is 4.79 Å². The quantitative estimate of drug-likeness (QED) is 0.166. The predicted octanol–water partition coefficient (Wildman–Crippen LogP) is 6.37. The minimum absolute atomic E-state index is 0.0992. The van der Waals surface area contributed by atoms with Gasteiger partial charge in [-0.25, -0.2) is 5.43 Å². The maximum absolute atomic E-state index is 12.4. The highest BCUT2D eigenvalue weighted by atomic mass is 35.5. The number of nitrogens with zero attached hydrogens (tertiary/aromatic N) is 4. The highest BCUT2D eigenvalue weighted by Gasteiger charge is 2.17. The molecular weight excluding hydrogens is 501 g/mol. The second kappa shape index (κ2) is 11.8. The second-order valence-electron chi connectivity index (χ2n) is 7.51. The van der Waals surface area contributed by atoms with Crippen molar-refractivity contribution < 1.29 is 4.79 Å². The Labute approximate surface area is 217 Å². The first kappa shape index (κ1) is 24.7. The van der Waals surface area contributed by atoms with E-state index in [0.717, 1.165) is 22.4 Å². The summed E-state index contributed by atoms with van der Waals surface area (Å²) in [4.78, 5) is 12.4. The Morgan fingerprint density at radius 3 is 2.46 bits per heavy atom. The van der Waals surface area contributed by atoms with Crippen LogP contribution >= 0.6 is 35.0 Å². The van der Waals surface area contributed by atoms with Crippen molar-refractivity contribution in [1.82, 2.24) is 20.2 Å². The monoisotopic (exact) mass is 521 g/mol.